The molecule has 0 aromatic heterocycles. The molecule has 0 aliphatic heterocycles. The first-order valence-electron chi connectivity index (χ1n) is 4.18. The summed E-state index contributed by atoms with van der Waals surface area (Å²) in [5, 5.41) is 8.87. The molecule has 74 valence electrons. The molecule has 0 atom stereocenters. The molecule has 0 aliphatic rings. The highest BCUT2D eigenvalue weighted by molar-refractivity contribution is 4.65. The molecular weight excluding hydrogens is 156 g/mol. The second kappa shape index (κ2) is 5.48. The molecule has 0 aliphatic carbocycles. The van der Waals surface area contributed by atoms with E-state index in [0.29, 0.717) is 19.6 Å². The predicted molar refractivity (Wildman–Crippen MR) is 48.5 cm³/mol. The third-order valence-electron chi connectivity index (χ3n) is 1.52. The Balaban J connectivity index is 3.31. The van der Waals surface area contributed by atoms with E-state index >= 15 is 0 Å². The summed E-state index contributed by atoms with van der Waals surface area (Å²) in [5.74, 6) is 0. The first-order valence-corrected chi connectivity index (χ1v) is 4.18. The predicted octanol–water partition coefficient (Wildman–Crippen LogP) is -0.345. The van der Waals surface area contributed by atoms with Crippen molar-refractivity contribution in [1.29, 1.82) is 0 Å². The summed E-state index contributed by atoms with van der Waals surface area (Å²) >= 11 is 0. The minimum absolute atomic E-state index is 0.127. The van der Waals surface area contributed by atoms with Gasteiger partial charge in [-0.3, -0.25) is 0 Å². The molecule has 0 bridgehead atoms. The van der Waals surface area contributed by atoms with Crippen LogP contribution in [-0.2, 0) is 4.74 Å². The number of nitrogens with two attached hydrogens (primary N) is 2. The summed E-state index contributed by atoms with van der Waals surface area (Å²) in [5.41, 5.74) is 10.5. The Kier molecular flexibility index (Phi) is 5.41. The second-order valence-electron chi connectivity index (χ2n) is 3.83. The number of aliphatic hydroxyl groups excluding tert-OH is 1. The number of aliphatic hydroxyl groups is 1. The molecule has 4 nitrogen and oxygen atoms in total. The van der Waals surface area contributed by atoms with Gasteiger partial charge in [0.25, 0.3) is 0 Å². The van der Waals surface area contributed by atoms with Gasteiger partial charge < -0.3 is 21.3 Å². The molecular formula is C8H20N2O2. The van der Waals surface area contributed by atoms with Crippen molar-refractivity contribution in [3.05, 3.63) is 0 Å². The van der Waals surface area contributed by atoms with Crippen LogP contribution in [0.25, 0.3) is 0 Å². The SMILES string of the molecule is CC(C)(CO)COCCC(N)N. The Labute approximate surface area is 73.9 Å². The zero-order valence-corrected chi connectivity index (χ0v) is 7.92. The summed E-state index contributed by atoms with van der Waals surface area (Å²) in [4.78, 5) is 0. The Hall–Kier alpha value is -0.160. The van der Waals surface area contributed by atoms with E-state index in [2.05, 4.69) is 0 Å². The van der Waals surface area contributed by atoms with Crippen LogP contribution in [0.4, 0.5) is 0 Å². The molecule has 0 fully saturated rings. The van der Waals surface area contributed by atoms with Crippen molar-refractivity contribution < 1.29 is 9.84 Å². The van der Waals surface area contributed by atoms with E-state index in [1.807, 2.05) is 13.8 Å². The van der Waals surface area contributed by atoms with Gasteiger partial charge in [-0.05, 0) is 6.42 Å². The first kappa shape index (κ1) is 11.8. The number of hydrogen-bond donors (Lipinski definition) is 3. The maximum atomic E-state index is 8.87. The highest BCUT2D eigenvalue weighted by Crippen LogP contribution is 2.13. The Morgan fingerprint density at radius 1 is 1.42 bits per heavy atom. The maximum absolute atomic E-state index is 8.87. The van der Waals surface area contributed by atoms with Gasteiger partial charge in [0, 0.05) is 12.0 Å². The van der Waals surface area contributed by atoms with Gasteiger partial charge in [-0.2, -0.15) is 0 Å². The quantitative estimate of drug-likeness (QED) is 0.382. The Morgan fingerprint density at radius 3 is 2.42 bits per heavy atom. The fraction of sp³-hybridized carbons (Fsp3) is 1.00. The van der Waals surface area contributed by atoms with Crippen LogP contribution in [0.1, 0.15) is 20.3 Å². The monoisotopic (exact) mass is 176 g/mol. The van der Waals surface area contributed by atoms with Gasteiger partial charge in [0.05, 0.1) is 19.4 Å². The molecule has 0 aromatic rings. The number of hydrogen-bond acceptors (Lipinski definition) is 4. The lowest BCUT2D eigenvalue weighted by Gasteiger charge is -2.21. The maximum Gasteiger partial charge on any atom is 0.0543 e. The average molecular weight is 176 g/mol. The summed E-state index contributed by atoms with van der Waals surface area (Å²) in [7, 11) is 0. The van der Waals surface area contributed by atoms with E-state index in [9.17, 15) is 0 Å². The standard InChI is InChI=1S/C8H20N2O2/c1-8(2,5-11)6-12-4-3-7(9)10/h7,11H,3-6,9-10H2,1-2H3. The van der Waals surface area contributed by atoms with Gasteiger partial charge in [-0.25, -0.2) is 0 Å². The van der Waals surface area contributed by atoms with E-state index in [1.165, 1.54) is 0 Å². The zero-order chi connectivity index (χ0) is 9.61. The van der Waals surface area contributed by atoms with Crippen LogP contribution in [0.15, 0.2) is 0 Å². The molecule has 12 heavy (non-hydrogen) atoms. The van der Waals surface area contributed by atoms with Crippen molar-refractivity contribution in [2.75, 3.05) is 19.8 Å². The molecule has 0 unspecified atom stereocenters. The first-order chi connectivity index (χ1) is 5.48. The fourth-order valence-corrected chi connectivity index (χ4v) is 0.614. The van der Waals surface area contributed by atoms with E-state index < -0.39 is 0 Å². The zero-order valence-electron chi connectivity index (χ0n) is 7.92. The van der Waals surface area contributed by atoms with Crippen molar-refractivity contribution in [1.82, 2.24) is 0 Å². The second-order valence-corrected chi connectivity index (χ2v) is 3.83. The van der Waals surface area contributed by atoms with Crippen molar-refractivity contribution >= 4 is 0 Å². The van der Waals surface area contributed by atoms with Gasteiger partial charge in [-0.15, -0.1) is 0 Å². The van der Waals surface area contributed by atoms with Gasteiger partial charge in [0.2, 0.25) is 0 Å². The average Bonchev–Trinajstić information content (AvgIpc) is 1.98. The van der Waals surface area contributed by atoms with Crippen LogP contribution >= 0.6 is 0 Å². The summed E-state index contributed by atoms with van der Waals surface area (Å²) in [6.45, 7) is 5.10. The molecule has 0 amide bonds. The molecule has 0 heterocycles. The summed E-state index contributed by atoms with van der Waals surface area (Å²) in [6, 6.07) is 0. The van der Waals surface area contributed by atoms with E-state index in [1.54, 1.807) is 0 Å². The molecule has 0 aromatic carbocycles. The lowest BCUT2D eigenvalue weighted by molar-refractivity contribution is 0.0257. The molecule has 4 heteroatoms. The number of rotatable bonds is 6. The lowest BCUT2D eigenvalue weighted by atomic mass is 9.97. The van der Waals surface area contributed by atoms with Crippen LogP contribution in [0.2, 0.25) is 0 Å². The van der Waals surface area contributed by atoms with Gasteiger partial charge >= 0.3 is 0 Å². The highest BCUT2D eigenvalue weighted by Gasteiger charge is 2.16. The van der Waals surface area contributed by atoms with Gasteiger partial charge in [0.1, 0.15) is 0 Å². The molecule has 5 N–H and O–H groups in total. The third-order valence-corrected chi connectivity index (χ3v) is 1.52. The summed E-state index contributed by atoms with van der Waals surface area (Å²) < 4.78 is 5.28. The van der Waals surface area contributed by atoms with Crippen molar-refractivity contribution in [2.24, 2.45) is 16.9 Å². The van der Waals surface area contributed by atoms with Crippen molar-refractivity contribution in [3.8, 4) is 0 Å². The fourth-order valence-electron chi connectivity index (χ4n) is 0.614. The highest BCUT2D eigenvalue weighted by atomic mass is 16.5. The summed E-state index contributed by atoms with van der Waals surface area (Å²) in [6.07, 6.45) is 0.351. The van der Waals surface area contributed by atoms with Crippen molar-refractivity contribution in [3.63, 3.8) is 0 Å². The molecule has 0 rings (SSSR count). The van der Waals surface area contributed by atoms with E-state index in [0.717, 1.165) is 0 Å². The Bertz CT molecular complexity index is 116. The minimum atomic E-state index is -0.303. The van der Waals surface area contributed by atoms with E-state index in [-0.39, 0.29) is 18.2 Å². The van der Waals surface area contributed by atoms with Crippen LogP contribution in [0.5, 0.6) is 0 Å². The van der Waals surface area contributed by atoms with E-state index in [4.69, 9.17) is 21.3 Å². The third kappa shape index (κ3) is 6.54. The lowest BCUT2D eigenvalue weighted by Crippen LogP contribution is -2.32. The number of ether oxygens (including phenoxy) is 1. The van der Waals surface area contributed by atoms with Crippen LogP contribution < -0.4 is 11.5 Å². The minimum Gasteiger partial charge on any atom is -0.396 e. The topological polar surface area (TPSA) is 81.5 Å². The molecule has 0 radical (unpaired) electrons. The largest absolute Gasteiger partial charge is 0.396 e. The normalized spacial score (nSPS) is 12.5. The van der Waals surface area contributed by atoms with Crippen molar-refractivity contribution in [2.45, 2.75) is 26.4 Å². The Morgan fingerprint density at radius 2 is 2.00 bits per heavy atom. The van der Waals surface area contributed by atoms with Crippen LogP contribution in [0.3, 0.4) is 0 Å². The van der Waals surface area contributed by atoms with Crippen LogP contribution in [-0.4, -0.2) is 31.1 Å². The molecule has 0 spiro atoms. The van der Waals surface area contributed by atoms with Gasteiger partial charge in [-0.1, -0.05) is 13.8 Å². The smallest absolute Gasteiger partial charge is 0.0543 e. The van der Waals surface area contributed by atoms with Crippen LogP contribution in [0, 0.1) is 5.41 Å². The molecule has 0 saturated carbocycles. The molecule has 0 saturated heterocycles. The van der Waals surface area contributed by atoms with Gasteiger partial charge in [0.15, 0.2) is 0 Å².